The molecule has 1 aliphatic carbocycles. The topological polar surface area (TPSA) is 62.2 Å². The van der Waals surface area contributed by atoms with Gasteiger partial charge in [0.25, 0.3) is 0 Å². The molecular formula is C13H21N5. The van der Waals surface area contributed by atoms with Crippen LogP contribution in [0.15, 0.2) is 17.6 Å². The van der Waals surface area contributed by atoms with Crippen LogP contribution in [0.3, 0.4) is 0 Å². The highest BCUT2D eigenvalue weighted by Crippen LogP contribution is 2.21. The van der Waals surface area contributed by atoms with Crippen LogP contribution < -0.4 is 10.7 Å². The van der Waals surface area contributed by atoms with E-state index in [9.17, 15) is 0 Å². The second-order valence-corrected chi connectivity index (χ2v) is 4.64. The van der Waals surface area contributed by atoms with Crippen LogP contribution in [0.2, 0.25) is 0 Å². The summed E-state index contributed by atoms with van der Waals surface area (Å²) in [5, 5.41) is 7.55. The molecule has 18 heavy (non-hydrogen) atoms. The molecule has 0 atom stereocenters. The van der Waals surface area contributed by atoms with E-state index in [2.05, 4.69) is 25.8 Å². The first-order valence-corrected chi connectivity index (χ1v) is 6.66. The number of aromatic nitrogens is 2. The number of nitrogens with one attached hydrogen (secondary N) is 2. The van der Waals surface area contributed by atoms with Gasteiger partial charge in [0.2, 0.25) is 0 Å². The van der Waals surface area contributed by atoms with E-state index in [4.69, 9.17) is 0 Å². The summed E-state index contributed by atoms with van der Waals surface area (Å²) in [4.78, 5) is 8.35. The third-order valence-electron chi connectivity index (χ3n) is 3.27. The van der Waals surface area contributed by atoms with Gasteiger partial charge in [-0.25, -0.2) is 9.97 Å². The zero-order valence-corrected chi connectivity index (χ0v) is 10.9. The molecule has 0 radical (unpaired) electrons. The lowest BCUT2D eigenvalue weighted by Crippen LogP contribution is -2.20. The maximum atomic E-state index is 4.32. The summed E-state index contributed by atoms with van der Waals surface area (Å²) in [5.74, 6) is 0.885. The van der Waals surface area contributed by atoms with Crippen molar-refractivity contribution in [1.29, 1.82) is 0 Å². The fourth-order valence-corrected chi connectivity index (χ4v) is 2.31. The largest absolute Gasteiger partial charge is 0.367 e. The fraction of sp³-hybridized carbons (Fsp3) is 0.615. The Morgan fingerprint density at radius 3 is 2.78 bits per heavy atom. The van der Waals surface area contributed by atoms with Gasteiger partial charge in [-0.2, -0.15) is 5.10 Å². The van der Waals surface area contributed by atoms with E-state index in [-0.39, 0.29) is 0 Å². The number of nitrogens with zero attached hydrogens (tertiary/aromatic N) is 3. The molecule has 0 bridgehead atoms. The van der Waals surface area contributed by atoms with Crippen molar-refractivity contribution in [2.24, 2.45) is 5.10 Å². The highest BCUT2D eigenvalue weighted by molar-refractivity contribution is 5.85. The number of anilines is 1. The zero-order valence-electron chi connectivity index (χ0n) is 10.9. The van der Waals surface area contributed by atoms with Crippen LogP contribution in [0.5, 0.6) is 0 Å². The zero-order chi connectivity index (χ0) is 12.6. The van der Waals surface area contributed by atoms with Crippen LogP contribution in [-0.2, 0) is 0 Å². The number of hydrogen-bond donors (Lipinski definition) is 2. The highest BCUT2D eigenvalue weighted by Gasteiger charge is 2.13. The van der Waals surface area contributed by atoms with Crippen LogP contribution in [-0.4, -0.2) is 29.3 Å². The van der Waals surface area contributed by atoms with Gasteiger partial charge in [-0.1, -0.05) is 25.7 Å². The molecule has 1 saturated carbocycles. The van der Waals surface area contributed by atoms with E-state index >= 15 is 0 Å². The molecule has 1 fully saturated rings. The highest BCUT2D eigenvalue weighted by atomic mass is 15.3. The Hall–Kier alpha value is -1.65. The third kappa shape index (κ3) is 3.68. The van der Waals surface area contributed by atoms with Crippen molar-refractivity contribution in [3.63, 3.8) is 0 Å². The molecule has 1 heterocycles. The summed E-state index contributed by atoms with van der Waals surface area (Å²) in [6.45, 7) is 0. The minimum atomic E-state index is 0.532. The van der Waals surface area contributed by atoms with Gasteiger partial charge in [0.05, 0.1) is 11.8 Å². The van der Waals surface area contributed by atoms with Crippen molar-refractivity contribution in [2.75, 3.05) is 12.4 Å². The molecule has 5 nitrogen and oxygen atoms in total. The van der Waals surface area contributed by atoms with E-state index in [1.807, 2.05) is 0 Å². The molecule has 1 aromatic heterocycles. The van der Waals surface area contributed by atoms with E-state index in [0.29, 0.717) is 6.04 Å². The lowest BCUT2D eigenvalue weighted by atomic mass is 10.1. The summed E-state index contributed by atoms with van der Waals surface area (Å²) < 4.78 is 0. The number of hydrogen-bond acceptors (Lipinski definition) is 5. The van der Waals surface area contributed by atoms with Gasteiger partial charge >= 0.3 is 0 Å². The second kappa shape index (κ2) is 6.93. The maximum Gasteiger partial charge on any atom is 0.138 e. The summed E-state index contributed by atoms with van der Waals surface area (Å²) in [7, 11) is 1.78. The maximum absolute atomic E-state index is 4.32. The first kappa shape index (κ1) is 12.8. The van der Waals surface area contributed by atoms with Crippen molar-refractivity contribution < 1.29 is 0 Å². The smallest absolute Gasteiger partial charge is 0.138 e. The number of rotatable bonds is 4. The van der Waals surface area contributed by atoms with E-state index < -0.39 is 0 Å². The second-order valence-electron chi connectivity index (χ2n) is 4.64. The predicted octanol–water partition coefficient (Wildman–Crippen LogP) is 2.16. The van der Waals surface area contributed by atoms with Crippen molar-refractivity contribution >= 4 is 12.0 Å². The fourth-order valence-electron chi connectivity index (χ4n) is 2.31. The van der Waals surface area contributed by atoms with E-state index in [0.717, 1.165) is 11.4 Å². The Morgan fingerprint density at radius 1 is 1.28 bits per heavy atom. The van der Waals surface area contributed by atoms with Crippen molar-refractivity contribution in [3.8, 4) is 0 Å². The van der Waals surface area contributed by atoms with Gasteiger partial charge < -0.3 is 10.7 Å². The summed E-state index contributed by atoms with van der Waals surface area (Å²) in [5.41, 5.74) is 3.67. The minimum Gasteiger partial charge on any atom is -0.367 e. The molecule has 5 heteroatoms. The average molecular weight is 247 g/mol. The van der Waals surface area contributed by atoms with Crippen LogP contribution in [0.25, 0.3) is 0 Å². The van der Waals surface area contributed by atoms with Gasteiger partial charge in [-0.05, 0) is 12.8 Å². The molecule has 0 aromatic carbocycles. The van der Waals surface area contributed by atoms with Crippen LogP contribution in [0.4, 0.5) is 5.82 Å². The summed E-state index contributed by atoms with van der Waals surface area (Å²) >= 11 is 0. The predicted molar refractivity (Wildman–Crippen MR) is 73.8 cm³/mol. The molecule has 1 aromatic rings. The molecule has 0 aliphatic heterocycles. The van der Waals surface area contributed by atoms with Gasteiger partial charge in [0.1, 0.15) is 12.1 Å². The van der Waals surface area contributed by atoms with Crippen molar-refractivity contribution in [2.45, 2.75) is 44.6 Å². The SMILES string of the molecule is CN/N=C\c1cncnc1NC1CCCCCC1. The number of hydrazone groups is 1. The molecule has 98 valence electrons. The van der Waals surface area contributed by atoms with E-state index in [1.165, 1.54) is 38.5 Å². The van der Waals surface area contributed by atoms with Crippen LogP contribution >= 0.6 is 0 Å². The first-order valence-electron chi connectivity index (χ1n) is 6.66. The Bertz CT molecular complexity index is 383. The van der Waals surface area contributed by atoms with Gasteiger partial charge in [-0.3, -0.25) is 0 Å². The van der Waals surface area contributed by atoms with Gasteiger partial charge in [-0.15, -0.1) is 0 Å². The molecule has 0 amide bonds. The standard InChI is InChI=1S/C13H21N5/c1-14-17-9-11-8-15-10-16-13(11)18-12-6-4-2-3-5-7-12/h8-10,12,14H,2-7H2,1H3,(H,15,16,18)/b17-9-. The van der Waals surface area contributed by atoms with E-state index in [1.54, 1.807) is 25.8 Å². The molecule has 2 N–H and O–H groups in total. The molecule has 0 saturated heterocycles. The molecule has 0 spiro atoms. The first-order chi connectivity index (χ1) is 8.90. The summed E-state index contributed by atoms with van der Waals surface area (Å²) in [6, 6.07) is 0.532. The lowest BCUT2D eigenvalue weighted by Gasteiger charge is -2.17. The lowest BCUT2D eigenvalue weighted by molar-refractivity contribution is 0.617. The van der Waals surface area contributed by atoms with Gasteiger partial charge in [0, 0.05) is 19.3 Å². The normalized spacial score (nSPS) is 17.6. The Kier molecular flexibility index (Phi) is 4.93. The van der Waals surface area contributed by atoms with Crippen LogP contribution in [0, 0.1) is 0 Å². The Morgan fingerprint density at radius 2 is 2.06 bits per heavy atom. The molecule has 0 unspecified atom stereocenters. The molecular weight excluding hydrogens is 226 g/mol. The molecule has 1 aliphatic rings. The van der Waals surface area contributed by atoms with Crippen molar-refractivity contribution in [1.82, 2.24) is 15.4 Å². The monoisotopic (exact) mass is 247 g/mol. The summed E-state index contributed by atoms with van der Waals surface area (Å²) in [6.07, 6.45) is 12.9. The molecule has 2 rings (SSSR count). The Balaban J connectivity index is 2.05. The Labute approximate surface area is 108 Å². The average Bonchev–Trinajstić information content (AvgIpc) is 2.66. The van der Waals surface area contributed by atoms with Crippen molar-refractivity contribution in [3.05, 3.63) is 18.1 Å². The minimum absolute atomic E-state index is 0.532. The van der Waals surface area contributed by atoms with Crippen LogP contribution in [0.1, 0.15) is 44.1 Å². The quantitative estimate of drug-likeness (QED) is 0.486. The third-order valence-corrected chi connectivity index (χ3v) is 3.27. The van der Waals surface area contributed by atoms with Gasteiger partial charge in [0.15, 0.2) is 0 Å².